The van der Waals surface area contributed by atoms with Gasteiger partial charge in [0.15, 0.2) is 5.76 Å². The molecule has 2 aliphatic rings. The summed E-state index contributed by atoms with van der Waals surface area (Å²) >= 11 is 0. The number of piperidine rings is 1. The van der Waals surface area contributed by atoms with Crippen molar-refractivity contribution < 1.29 is 14.0 Å². The second kappa shape index (κ2) is 8.19. The van der Waals surface area contributed by atoms with Gasteiger partial charge < -0.3 is 14.6 Å². The second-order valence-electron chi connectivity index (χ2n) is 7.73. The van der Waals surface area contributed by atoms with Crippen molar-refractivity contribution in [1.29, 1.82) is 0 Å². The first kappa shape index (κ1) is 18.7. The molecular weight excluding hydrogens is 354 g/mol. The molecule has 6 heteroatoms. The zero-order valence-corrected chi connectivity index (χ0v) is 16.3. The molecule has 0 saturated carbocycles. The highest BCUT2D eigenvalue weighted by atomic mass is 16.3. The summed E-state index contributed by atoms with van der Waals surface area (Å²) in [5.41, 5.74) is 3.17. The number of rotatable bonds is 4. The maximum Gasteiger partial charge on any atom is 0.287 e. The Bertz CT molecular complexity index is 852. The van der Waals surface area contributed by atoms with Gasteiger partial charge in [0.1, 0.15) is 0 Å². The normalized spacial score (nSPS) is 18.0. The standard InChI is InChI=1S/C22H27N3O3/c1-16-10-14-28-21(16)22(27)23-18-8-12-24(13-9-18)15-20(26)25-11-4-6-17-5-2-3-7-19(17)25/h2-3,5,7,10,14,18H,4,6,8-9,11-13,15H2,1H3,(H,23,27). The SMILES string of the molecule is Cc1ccoc1C(=O)NC1CCN(CC(=O)N2CCCc3ccccc32)CC1. The molecule has 2 aliphatic heterocycles. The van der Waals surface area contributed by atoms with Crippen LogP contribution in [0.4, 0.5) is 5.69 Å². The Morgan fingerprint density at radius 2 is 1.93 bits per heavy atom. The summed E-state index contributed by atoms with van der Waals surface area (Å²) in [6.45, 7) is 4.72. The number of amides is 2. The Labute approximate surface area is 165 Å². The molecule has 1 aromatic heterocycles. The van der Waals surface area contributed by atoms with Crippen LogP contribution >= 0.6 is 0 Å². The number of likely N-dealkylation sites (tertiary alicyclic amines) is 1. The number of nitrogens with one attached hydrogen (secondary N) is 1. The average molecular weight is 381 g/mol. The van der Waals surface area contributed by atoms with E-state index in [9.17, 15) is 9.59 Å². The maximum absolute atomic E-state index is 12.9. The third-order valence-corrected chi connectivity index (χ3v) is 5.76. The summed E-state index contributed by atoms with van der Waals surface area (Å²) in [5, 5.41) is 3.06. The third-order valence-electron chi connectivity index (χ3n) is 5.76. The van der Waals surface area contributed by atoms with Gasteiger partial charge in [-0.15, -0.1) is 0 Å². The predicted molar refractivity (Wildman–Crippen MR) is 107 cm³/mol. The molecule has 0 radical (unpaired) electrons. The van der Waals surface area contributed by atoms with Crippen molar-refractivity contribution in [3.05, 3.63) is 53.5 Å². The van der Waals surface area contributed by atoms with Gasteiger partial charge in [-0.1, -0.05) is 18.2 Å². The number of hydrogen-bond donors (Lipinski definition) is 1. The molecule has 28 heavy (non-hydrogen) atoms. The molecule has 1 aromatic carbocycles. The van der Waals surface area contributed by atoms with Crippen molar-refractivity contribution in [3.63, 3.8) is 0 Å². The van der Waals surface area contributed by atoms with E-state index in [-0.39, 0.29) is 17.9 Å². The van der Waals surface area contributed by atoms with Crippen molar-refractivity contribution in [2.75, 3.05) is 31.1 Å². The molecule has 6 nitrogen and oxygen atoms in total. The molecular formula is C22H27N3O3. The lowest BCUT2D eigenvalue weighted by molar-refractivity contribution is -0.120. The number of carbonyl (C=O) groups excluding carboxylic acids is 2. The predicted octanol–water partition coefficient (Wildman–Crippen LogP) is 2.76. The monoisotopic (exact) mass is 381 g/mol. The number of para-hydroxylation sites is 1. The fourth-order valence-electron chi connectivity index (χ4n) is 4.16. The Balaban J connectivity index is 1.29. The minimum atomic E-state index is -0.151. The lowest BCUT2D eigenvalue weighted by atomic mass is 10.0. The maximum atomic E-state index is 12.9. The zero-order chi connectivity index (χ0) is 19.5. The van der Waals surface area contributed by atoms with Crippen LogP contribution in [0.15, 0.2) is 41.0 Å². The summed E-state index contributed by atoms with van der Waals surface area (Å²) in [6, 6.07) is 10.1. The molecule has 0 bridgehead atoms. The number of carbonyl (C=O) groups is 2. The minimum Gasteiger partial charge on any atom is -0.459 e. The molecule has 0 atom stereocenters. The van der Waals surface area contributed by atoms with E-state index in [0.29, 0.717) is 12.3 Å². The first-order chi connectivity index (χ1) is 13.6. The molecule has 2 aromatic rings. The Kier molecular flexibility index (Phi) is 5.48. The molecule has 148 valence electrons. The topological polar surface area (TPSA) is 65.8 Å². The molecule has 1 N–H and O–H groups in total. The molecule has 0 aliphatic carbocycles. The van der Waals surface area contributed by atoms with E-state index in [2.05, 4.69) is 16.3 Å². The molecule has 4 rings (SSSR count). The Morgan fingerprint density at radius 3 is 2.68 bits per heavy atom. The van der Waals surface area contributed by atoms with Crippen molar-refractivity contribution in [1.82, 2.24) is 10.2 Å². The van der Waals surface area contributed by atoms with E-state index >= 15 is 0 Å². The van der Waals surface area contributed by atoms with Crippen molar-refractivity contribution in [3.8, 4) is 0 Å². The van der Waals surface area contributed by atoms with Gasteiger partial charge in [0.25, 0.3) is 5.91 Å². The van der Waals surface area contributed by atoms with Gasteiger partial charge in [-0.2, -0.15) is 0 Å². The van der Waals surface area contributed by atoms with Crippen LogP contribution in [0.2, 0.25) is 0 Å². The summed E-state index contributed by atoms with van der Waals surface area (Å²) in [5.74, 6) is 0.407. The van der Waals surface area contributed by atoms with Gasteiger partial charge in [0.05, 0.1) is 12.8 Å². The highest BCUT2D eigenvalue weighted by Crippen LogP contribution is 2.27. The first-order valence-corrected chi connectivity index (χ1v) is 10.1. The number of fused-ring (bicyclic) bond motifs is 1. The van der Waals surface area contributed by atoms with Crippen molar-refractivity contribution >= 4 is 17.5 Å². The highest BCUT2D eigenvalue weighted by molar-refractivity contribution is 5.96. The number of aryl methyl sites for hydroxylation is 2. The van der Waals surface area contributed by atoms with Gasteiger partial charge in [-0.05, 0) is 50.3 Å². The quantitative estimate of drug-likeness (QED) is 0.884. The Hall–Kier alpha value is -2.60. The lowest BCUT2D eigenvalue weighted by Crippen LogP contribution is -2.48. The van der Waals surface area contributed by atoms with E-state index in [1.807, 2.05) is 30.0 Å². The zero-order valence-electron chi connectivity index (χ0n) is 16.3. The van der Waals surface area contributed by atoms with Crippen LogP contribution in [-0.2, 0) is 11.2 Å². The van der Waals surface area contributed by atoms with E-state index in [4.69, 9.17) is 4.42 Å². The average Bonchev–Trinajstić information content (AvgIpc) is 3.15. The molecule has 1 fully saturated rings. The van der Waals surface area contributed by atoms with Gasteiger partial charge >= 0.3 is 0 Å². The van der Waals surface area contributed by atoms with Gasteiger partial charge in [0.2, 0.25) is 5.91 Å². The molecule has 3 heterocycles. The van der Waals surface area contributed by atoms with E-state index < -0.39 is 0 Å². The number of nitrogens with zero attached hydrogens (tertiary/aromatic N) is 2. The van der Waals surface area contributed by atoms with Crippen LogP contribution < -0.4 is 10.2 Å². The van der Waals surface area contributed by atoms with Crippen LogP contribution in [0.1, 0.15) is 40.9 Å². The second-order valence-corrected chi connectivity index (χ2v) is 7.73. The number of anilines is 1. The molecule has 2 amide bonds. The van der Waals surface area contributed by atoms with Crippen molar-refractivity contribution in [2.45, 2.75) is 38.6 Å². The summed E-state index contributed by atoms with van der Waals surface area (Å²) in [6.07, 6.45) is 5.28. The molecule has 0 spiro atoms. The van der Waals surface area contributed by atoms with Crippen LogP contribution in [0.3, 0.4) is 0 Å². The fourth-order valence-corrected chi connectivity index (χ4v) is 4.16. The van der Waals surface area contributed by atoms with Gasteiger partial charge in [-0.25, -0.2) is 0 Å². The van der Waals surface area contributed by atoms with Gasteiger partial charge in [-0.3, -0.25) is 14.5 Å². The van der Waals surface area contributed by atoms with Crippen LogP contribution in [0.5, 0.6) is 0 Å². The summed E-state index contributed by atoms with van der Waals surface area (Å²) in [7, 11) is 0. The lowest BCUT2D eigenvalue weighted by Gasteiger charge is -2.35. The fraction of sp³-hybridized carbons (Fsp3) is 0.455. The van der Waals surface area contributed by atoms with E-state index in [0.717, 1.165) is 56.6 Å². The van der Waals surface area contributed by atoms with Crippen LogP contribution in [0.25, 0.3) is 0 Å². The largest absolute Gasteiger partial charge is 0.459 e. The van der Waals surface area contributed by atoms with Gasteiger partial charge in [0, 0.05) is 36.9 Å². The smallest absolute Gasteiger partial charge is 0.287 e. The highest BCUT2D eigenvalue weighted by Gasteiger charge is 2.27. The minimum absolute atomic E-state index is 0.124. The third kappa shape index (κ3) is 3.97. The Morgan fingerprint density at radius 1 is 1.14 bits per heavy atom. The summed E-state index contributed by atoms with van der Waals surface area (Å²) in [4.78, 5) is 29.3. The molecule has 0 unspecified atom stereocenters. The number of benzene rings is 1. The van der Waals surface area contributed by atoms with E-state index in [1.165, 1.54) is 11.8 Å². The number of furan rings is 1. The van der Waals surface area contributed by atoms with Crippen molar-refractivity contribution in [2.24, 2.45) is 0 Å². The van der Waals surface area contributed by atoms with Crippen LogP contribution in [0, 0.1) is 6.92 Å². The summed E-state index contributed by atoms with van der Waals surface area (Å²) < 4.78 is 5.26. The molecule has 1 saturated heterocycles. The van der Waals surface area contributed by atoms with E-state index in [1.54, 1.807) is 6.07 Å². The number of hydrogen-bond acceptors (Lipinski definition) is 4. The first-order valence-electron chi connectivity index (χ1n) is 10.1. The van der Waals surface area contributed by atoms with Crippen LogP contribution in [-0.4, -0.2) is 48.9 Å².